The van der Waals surface area contributed by atoms with Crippen LogP contribution in [0, 0.1) is 0 Å². The van der Waals surface area contributed by atoms with E-state index in [1.54, 1.807) is 0 Å². The van der Waals surface area contributed by atoms with Crippen molar-refractivity contribution < 1.29 is 0 Å². The average Bonchev–Trinajstić information content (AvgIpc) is 2.37. The van der Waals surface area contributed by atoms with E-state index in [0.29, 0.717) is 0 Å². The van der Waals surface area contributed by atoms with Crippen LogP contribution in [-0.2, 0) is 10.8 Å². The van der Waals surface area contributed by atoms with Crippen LogP contribution in [0.2, 0.25) is 0 Å². The molecular weight excluding hydrogens is 240 g/mol. The van der Waals surface area contributed by atoms with Crippen molar-refractivity contribution >= 4 is 0 Å². The minimum Gasteiger partial charge on any atom is -0.0619 e. The second-order valence-electron chi connectivity index (χ2n) is 7.63. The van der Waals surface area contributed by atoms with Crippen LogP contribution in [0.15, 0.2) is 48.5 Å². The Morgan fingerprint density at radius 2 is 1.30 bits per heavy atom. The summed E-state index contributed by atoms with van der Waals surface area (Å²) >= 11 is 0. The molecular formula is C20H26. The molecule has 0 saturated heterocycles. The molecule has 0 fully saturated rings. The second kappa shape index (κ2) is 5.09. The van der Waals surface area contributed by atoms with E-state index in [-0.39, 0.29) is 10.8 Å². The molecule has 2 rings (SSSR count). The Morgan fingerprint density at radius 3 is 1.90 bits per heavy atom. The van der Waals surface area contributed by atoms with Crippen molar-refractivity contribution in [2.24, 2.45) is 0 Å². The summed E-state index contributed by atoms with van der Waals surface area (Å²) in [7, 11) is 0. The fourth-order valence-electron chi connectivity index (χ4n) is 2.54. The Balaban J connectivity index is 2.59. The predicted octanol–water partition coefficient (Wildman–Crippen LogP) is 5.95. The maximum Gasteiger partial charge on any atom is -0.0126 e. The maximum atomic E-state index is 2.34. The summed E-state index contributed by atoms with van der Waals surface area (Å²) in [6.07, 6.45) is 0. The van der Waals surface area contributed by atoms with Gasteiger partial charge in [-0.25, -0.2) is 0 Å². The summed E-state index contributed by atoms with van der Waals surface area (Å²) in [6.45, 7) is 13.6. The number of benzene rings is 2. The van der Waals surface area contributed by atoms with Gasteiger partial charge in [0.05, 0.1) is 0 Å². The molecule has 0 aromatic heterocycles. The summed E-state index contributed by atoms with van der Waals surface area (Å²) in [5.41, 5.74) is 5.82. The van der Waals surface area contributed by atoms with E-state index >= 15 is 0 Å². The van der Waals surface area contributed by atoms with Crippen LogP contribution in [0.1, 0.15) is 52.7 Å². The van der Waals surface area contributed by atoms with Crippen molar-refractivity contribution in [3.05, 3.63) is 59.7 Å². The van der Waals surface area contributed by atoms with Gasteiger partial charge in [-0.1, -0.05) is 90.1 Å². The maximum absolute atomic E-state index is 2.34. The lowest BCUT2D eigenvalue weighted by atomic mass is 9.80. The highest BCUT2D eigenvalue weighted by atomic mass is 14.2. The largest absolute Gasteiger partial charge is 0.0619 e. The minimum absolute atomic E-state index is 0.161. The van der Waals surface area contributed by atoms with Crippen molar-refractivity contribution in [3.63, 3.8) is 0 Å². The third kappa shape index (κ3) is 3.12. The third-order valence-electron chi connectivity index (χ3n) is 3.77. The lowest BCUT2D eigenvalue weighted by Gasteiger charge is -2.24. The molecule has 106 valence electrons. The van der Waals surface area contributed by atoms with Gasteiger partial charge >= 0.3 is 0 Å². The molecule has 0 bridgehead atoms. The van der Waals surface area contributed by atoms with Gasteiger partial charge in [0, 0.05) is 0 Å². The Bertz CT molecular complexity index is 592. The molecule has 0 saturated carbocycles. The van der Waals surface area contributed by atoms with Crippen LogP contribution >= 0.6 is 0 Å². The molecule has 0 heterocycles. The molecule has 0 radical (unpaired) electrons. The van der Waals surface area contributed by atoms with E-state index < -0.39 is 0 Å². The van der Waals surface area contributed by atoms with Gasteiger partial charge in [-0.2, -0.15) is 0 Å². The molecule has 0 nitrogen and oxygen atoms in total. The highest BCUT2D eigenvalue weighted by Crippen LogP contribution is 2.34. The monoisotopic (exact) mass is 266 g/mol. The van der Waals surface area contributed by atoms with Crippen molar-refractivity contribution in [1.29, 1.82) is 0 Å². The molecule has 0 aliphatic carbocycles. The summed E-state index contributed by atoms with van der Waals surface area (Å²) in [5, 5.41) is 0. The smallest absolute Gasteiger partial charge is 0.0126 e. The molecule has 0 amide bonds. The van der Waals surface area contributed by atoms with Gasteiger partial charge in [-0.3, -0.25) is 0 Å². The molecule has 0 aliphatic heterocycles. The number of rotatable bonds is 1. The van der Waals surface area contributed by atoms with E-state index in [9.17, 15) is 0 Å². The summed E-state index contributed by atoms with van der Waals surface area (Å²) in [6, 6.07) is 17.7. The first kappa shape index (κ1) is 14.8. The summed E-state index contributed by atoms with van der Waals surface area (Å²) in [4.78, 5) is 0. The molecule has 0 aliphatic rings. The Morgan fingerprint density at radius 1 is 0.650 bits per heavy atom. The van der Waals surface area contributed by atoms with Crippen molar-refractivity contribution in [3.8, 4) is 11.1 Å². The quantitative estimate of drug-likeness (QED) is 0.598. The zero-order valence-electron chi connectivity index (χ0n) is 13.6. The topological polar surface area (TPSA) is 0 Å². The summed E-state index contributed by atoms with van der Waals surface area (Å²) in [5.74, 6) is 0. The van der Waals surface area contributed by atoms with E-state index in [4.69, 9.17) is 0 Å². The Labute approximate surface area is 123 Å². The zero-order valence-corrected chi connectivity index (χ0v) is 13.6. The molecule has 0 spiro atoms. The van der Waals surface area contributed by atoms with Crippen LogP contribution < -0.4 is 0 Å². The van der Waals surface area contributed by atoms with Crippen molar-refractivity contribution in [1.82, 2.24) is 0 Å². The molecule has 0 N–H and O–H groups in total. The fourth-order valence-corrected chi connectivity index (χ4v) is 2.54. The van der Waals surface area contributed by atoms with Crippen LogP contribution in [0.4, 0.5) is 0 Å². The van der Waals surface area contributed by atoms with E-state index in [0.717, 1.165) is 0 Å². The van der Waals surface area contributed by atoms with Crippen LogP contribution in [0.3, 0.4) is 0 Å². The highest BCUT2D eigenvalue weighted by molar-refractivity contribution is 5.69. The SMILES string of the molecule is CC(C)(C)c1cccc(-c2ccccc2C(C)(C)C)c1. The number of hydrogen-bond acceptors (Lipinski definition) is 0. The van der Waals surface area contributed by atoms with Gasteiger partial charge in [-0.15, -0.1) is 0 Å². The standard InChI is InChI=1S/C20H26/c1-19(2,3)16-11-9-10-15(14-16)17-12-7-8-13-18(17)20(4,5)6/h7-14H,1-6H3. The van der Waals surface area contributed by atoms with Crippen LogP contribution in [0.5, 0.6) is 0 Å². The average molecular weight is 266 g/mol. The Hall–Kier alpha value is -1.56. The Kier molecular flexibility index (Phi) is 3.77. The van der Waals surface area contributed by atoms with Crippen molar-refractivity contribution in [2.75, 3.05) is 0 Å². The van der Waals surface area contributed by atoms with E-state index in [2.05, 4.69) is 90.1 Å². The van der Waals surface area contributed by atoms with Gasteiger partial charge in [0.1, 0.15) is 0 Å². The zero-order chi connectivity index (χ0) is 15.0. The van der Waals surface area contributed by atoms with Gasteiger partial charge in [-0.05, 0) is 33.1 Å². The highest BCUT2D eigenvalue weighted by Gasteiger charge is 2.19. The fraction of sp³-hybridized carbons (Fsp3) is 0.400. The number of hydrogen-bond donors (Lipinski definition) is 0. The van der Waals surface area contributed by atoms with Crippen LogP contribution in [-0.4, -0.2) is 0 Å². The van der Waals surface area contributed by atoms with Gasteiger partial charge in [0.25, 0.3) is 0 Å². The normalized spacial score (nSPS) is 12.5. The predicted molar refractivity (Wildman–Crippen MR) is 89.3 cm³/mol. The van der Waals surface area contributed by atoms with Crippen molar-refractivity contribution in [2.45, 2.75) is 52.4 Å². The lowest BCUT2D eigenvalue weighted by molar-refractivity contribution is 0.589. The first-order valence-electron chi connectivity index (χ1n) is 7.40. The van der Waals surface area contributed by atoms with Gasteiger partial charge in [0.2, 0.25) is 0 Å². The molecule has 0 unspecified atom stereocenters. The molecule has 2 aromatic rings. The van der Waals surface area contributed by atoms with Gasteiger partial charge < -0.3 is 0 Å². The van der Waals surface area contributed by atoms with E-state index in [1.807, 2.05) is 0 Å². The minimum atomic E-state index is 0.161. The summed E-state index contributed by atoms with van der Waals surface area (Å²) < 4.78 is 0. The first-order valence-corrected chi connectivity index (χ1v) is 7.40. The van der Waals surface area contributed by atoms with E-state index in [1.165, 1.54) is 22.3 Å². The molecule has 0 heteroatoms. The molecule has 2 aromatic carbocycles. The van der Waals surface area contributed by atoms with Crippen LogP contribution in [0.25, 0.3) is 11.1 Å². The first-order chi connectivity index (χ1) is 9.19. The van der Waals surface area contributed by atoms with Gasteiger partial charge in [0.15, 0.2) is 0 Å². The second-order valence-corrected chi connectivity index (χ2v) is 7.63. The third-order valence-corrected chi connectivity index (χ3v) is 3.77. The molecule has 20 heavy (non-hydrogen) atoms. The lowest BCUT2D eigenvalue weighted by Crippen LogP contribution is -2.13. The molecule has 0 atom stereocenters.